The largest absolute Gasteiger partial charge is 0.466 e. The number of hydrogen-bond acceptors (Lipinski definition) is 7. The minimum atomic E-state index is -1.40. The van der Waals surface area contributed by atoms with E-state index in [0.29, 0.717) is 5.56 Å². The first kappa shape index (κ1) is 31.1. The predicted molar refractivity (Wildman–Crippen MR) is 137 cm³/mol. The molecule has 0 aliphatic heterocycles. The van der Waals surface area contributed by atoms with Crippen LogP contribution < -0.4 is 16.4 Å². The summed E-state index contributed by atoms with van der Waals surface area (Å²) < 4.78 is 10.1. The molecular formula is C26H38N4O7. The van der Waals surface area contributed by atoms with Crippen LogP contribution in [-0.2, 0) is 28.7 Å². The molecule has 0 aromatic heterocycles. The highest BCUT2D eigenvalue weighted by Gasteiger charge is 2.36. The van der Waals surface area contributed by atoms with E-state index in [0.717, 1.165) is 5.56 Å². The second-order valence-electron chi connectivity index (χ2n) is 9.31. The number of nitrogens with zero attached hydrogens (tertiary/aromatic N) is 1. The Morgan fingerprint density at radius 2 is 1.86 bits per heavy atom. The Morgan fingerprint density at radius 3 is 2.41 bits per heavy atom. The van der Waals surface area contributed by atoms with Gasteiger partial charge in [0.25, 0.3) is 0 Å². The molecule has 0 saturated carbocycles. The number of hydrogen-bond donors (Lipinski definition) is 3. The molecule has 1 rings (SSSR count). The Balaban J connectivity index is 3.36. The standard InChI is InChI=1S/C26H38N4O7/c1-7-14-30(24(34)19(16-20(27)31)29-25(35)37-26(4,5)6)22(18-11-9-10-17(3)15-18)23(33)28-13-12-21(32)36-8-2/h7,9-11,15,19,22H,1,8,12-14,16H2,2-6H3,(H2,27,31)(H,28,33)(H,29,35). The van der Waals surface area contributed by atoms with Gasteiger partial charge in [-0.25, -0.2) is 4.79 Å². The first-order valence-corrected chi connectivity index (χ1v) is 12.0. The monoisotopic (exact) mass is 518 g/mol. The van der Waals surface area contributed by atoms with Gasteiger partial charge in [0, 0.05) is 13.1 Å². The molecule has 0 bridgehead atoms. The van der Waals surface area contributed by atoms with E-state index in [4.69, 9.17) is 15.2 Å². The highest BCUT2D eigenvalue weighted by molar-refractivity contribution is 5.94. The van der Waals surface area contributed by atoms with Crippen LogP contribution in [0.3, 0.4) is 0 Å². The zero-order chi connectivity index (χ0) is 28.2. The van der Waals surface area contributed by atoms with Crippen LogP contribution in [0.25, 0.3) is 0 Å². The van der Waals surface area contributed by atoms with E-state index in [1.807, 2.05) is 13.0 Å². The van der Waals surface area contributed by atoms with E-state index in [-0.39, 0.29) is 26.1 Å². The molecule has 0 fully saturated rings. The first-order chi connectivity index (χ1) is 17.3. The lowest BCUT2D eigenvalue weighted by molar-refractivity contribution is -0.144. The Bertz CT molecular complexity index is 987. The summed E-state index contributed by atoms with van der Waals surface area (Å²) >= 11 is 0. The maximum Gasteiger partial charge on any atom is 0.408 e. The summed E-state index contributed by atoms with van der Waals surface area (Å²) in [4.78, 5) is 64.1. The number of nitrogens with two attached hydrogens (primary N) is 1. The Kier molecular flexibility index (Phi) is 12.3. The quantitative estimate of drug-likeness (QED) is 0.266. The topological polar surface area (TPSA) is 157 Å². The summed E-state index contributed by atoms with van der Waals surface area (Å²) in [7, 11) is 0. The third-order valence-electron chi connectivity index (χ3n) is 4.85. The second-order valence-corrected chi connectivity index (χ2v) is 9.31. The van der Waals surface area contributed by atoms with Crippen LogP contribution in [0.1, 0.15) is 57.7 Å². The van der Waals surface area contributed by atoms with Gasteiger partial charge in [0.2, 0.25) is 17.7 Å². The molecule has 204 valence electrons. The van der Waals surface area contributed by atoms with Crippen molar-refractivity contribution in [3.8, 4) is 0 Å². The molecule has 37 heavy (non-hydrogen) atoms. The van der Waals surface area contributed by atoms with E-state index in [2.05, 4.69) is 17.2 Å². The van der Waals surface area contributed by atoms with Gasteiger partial charge in [-0.1, -0.05) is 35.9 Å². The zero-order valence-electron chi connectivity index (χ0n) is 22.2. The Hall–Kier alpha value is -3.89. The molecule has 11 nitrogen and oxygen atoms in total. The summed E-state index contributed by atoms with van der Waals surface area (Å²) in [5.41, 5.74) is 5.82. The number of primary amides is 1. The Morgan fingerprint density at radius 1 is 1.19 bits per heavy atom. The van der Waals surface area contributed by atoms with E-state index in [1.54, 1.807) is 45.9 Å². The number of benzene rings is 1. The normalized spacial score (nSPS) is 12.5. The summed E-state index contributed by atoms with van der Waals surface area (Å²) in [5.74, 6) is -2.62. The number of amides is 4. The van der Waals surface area contributed by atoms with Crippen molar-refractivity contribution in [2.45, 2.75) is 65.1 Å². The molecule has 0 spiro atoms. The number of esters is 1. The number of carbonyl (C=O) groups excluding carboxylic acids is 5. The minimum absolute atomic E-state index is 0.0169. The van der Waals surface area contributed by atoms with Crippen LogP contribution in [0.15, 0.2) is 36.9 Å². The maximum atomic E-state index is 13.7. The van der Waals surface area contributed by atoms with Crippen molar-refractivity contribution in [3.63, 3.8) is 0 Å². The third kappa shape index (κ3) is 11.1. The summed E-state index contributed by atoms with van der Waals surface area (Å²) in [6, 6.07) is 4.42. The summed E-state index contributed by atoms with van der Waals surface area (Å²) in [6.07, 6.45) is -0.0744. The van der Waals surface area contributed by atoms with Crippen molar-refractivity contribution >= 4 is 29.8 Å². The zero-order valence-corrected chi connectivity index (χ0v) is 22.2. The van der Waals surface area contributed by atoms with Crippen LogP contribution in [-0.4, -0.2) is 66.0 Å². The van der Waals surface area contributed by atoms with Gasteiger partial charge >= 0.3 is 12.1 Å². The number of ether oxygens (including phenoxy) is 2. The molecule has 1 aromatic carbocycles. The van der Waals surface area contributed by atoms with Crippen molar-refractivity contribution in [2.24, 2.45) is 5.73 Å². The lowest BCUT2D eigenvalue weighted by Gasteiger charge is -2.33. The van der Waals surface area contributed by atoms with Gasteiger partial charge < -0.3 is 30.7 Å². The van der Waals surface area contributed by atoms with Gasteiger partial charge in [-0.05, 0) is 40.2 Å². The molecule has 0 saturated heterocycles. The number of nitrogens with one attached hydrogen (secondary N) is 2. The van der Waals surface area contributed by atoms with E-state index in [9.17, 15) is 24.0 Å². The molecule has 0 heterocycles. The average Bonchev–Trinajstić information content (AvgIpc) is 2.76. The molecule has 0 aliphatic carbocycles. The van der Waals surface area contributed by atoms with Crippen molar-refractivity contribution in [2.75, 3.05) is 19.7 Å². The molecule has 4 N–H and O–H groups in total. The third-order valence-corrected chi connectivity index (χ3v) is 4.85. The predicted octanol–water partition coefficient (Wildman–Crippen LogP) is 1.89. The van der Waals surface area contributed by atoms with Crippen LogP contribution >= 0.6 is 0 Å². The summed E-state index contributed by atoms with van der Waals surface area (Å²) in [5, 5.41) is 5.06. The van der Waals surface area contributed by atoms with E-state index in [1.165, 1.54) is 11.0 Å². The highest BCUT2D eigenvalue weighted by Crippen LogP contribution is 2.24. The van der Waals surface area contributed by atoms with Crippen LogP contribution in [0.4, 0.5) is 4.79 Å². The van der Waals surface area contributed by atoms with E-state index >= 15 is 0 Å². The minimum Gasteiger partial charge on any atom is -0.466 e. The number of aryl methyl sites for hydroxylation is 1. The highest BCUT2D eigenvalue weighted by atomic mass is 16.6. The molecular weight excluding hydrogens is 480 g/mol. The average molecular weight is 519 g/mol. The Labute approximate surface area is 217 Å². The first-order valence-electron chi connectivity index (χ1n) is 12.0. The van der Waals surface area contributed by atoms with Gasteiger partial charge in [-0.3, -0.25) is 19.2 Å². The van der Waals surface area contributed by atoms with Crippen molar-refractivity contribution < 1.29 is 33.4 Å². The molecule has 0 radical (unpaired) electrons. The molecule has 2 atom stereocenters. The van der Waals surface area contributed by atoms with Gasteiger partial charge in [0.15, 0.2) is 0 Å². The SMILES string of the molecule is C=CCN(C(=O)C(CC(N)=O)NC(=O)OC(C)(C)C)C(C(=O)NCCC(=O)OCC)c1cccc(C)c1. The van der Waals surface area contributed by atoms with Crippen LogP contribution in [0, 0.1) is 6.92 Å². The smallest absolute Gasteiger partial charge is 0.408 e. The number of carbonyl (C=O) groups is 5. The lowest BCUT2D eigenvalue weighted by Crippen LogP contribution is -2.54. The van der Waals surface area contributed by atoms with E-state index < -0.39 is 53.9 Å². The van der Waals surface area contributed by atoms with Gasteiger partial charge in [-0.15, -0.1) is 6.58 Å². The van der Waals surface area contributed by atoms with Gasteiger partial charge in [-0.2, -0.15) is 0 Å². The second kappa shape index (κ2) is 14.6. The molecule has 1 aromatic rings. The maximum absolute atomic E-state index is 13.7. The number of alkyl carbamates (subject to hydrolysis) is 1. The number of rotatable bonds is 13. The molecule has 0 aliphatic rings. The molecule has 2 unspecified atom stereocenters. The fourth-order valence-corrected chi connectivity index (χ4v) is 3.44. The van der Waals surface area contributed by atoms with Gasteiger partial charge in [0.05, 0.1) is 19.4 Å². The fourth-order valence-electron chi connectivity index (χ4n) is 3.44. The molecule has 11 heteroatoms. The van der Waals surface area contributed by atoms with Crippen LogP contribution in [0.2, 0.25) is 0 Å². The van der Waals surface area contributed by atoms with Crippen molar-refractivity contribution in [3.05, 3.63) is 48.0 Å². The van der Waals surface area contributed by atoms with Crippen molar-refractivity contribution in [1.29, 1.82) is 0 Å². The van der Waals surface area contributed by atoms with Crippen molar-refractivity contribution in [1.82, 2.24) is 15.5 Å². The lowest BCUT2D eigenvalue weighted by atomic mass is 10.00. The van der Waals surface area contributed by atoms with Gasteiger partial charge in [0.1, 0.15) is 17.7 Å². The molecule has 4 amide bonds. The summed E-state index contributed by atoms with van der Waals surface area (Å²) in [6.45, 7) is 12.2. The fraction of sp³-hybridized carbons (Fsp3) is 0.500. The van der Waals surface area contributed by atoms with Crippen LogP contribution in [0.5, 0.6) is 0 Å².